The maximum absolute atomic E-state index is 12.7. The number of hydrogen-bond acceptors (Lipinski definition) is 5. The standard InChI is InChI=1S/C19H15F3N2O5/c1-12(18(26)23-15-4-2-3-14(11-15)19(20,21)22)29-17(25)10-7-13-5-8-16(9-6-13)24(27)28/h2-12H,1H3,(H,23,26)/b10-7+/t12-/m0/s1. The zero-order chi connectivity index (χ0) is 21.6. The first-order valence-corrected chi connectivity index (χ1v) is 8.17. The molecule has 0 spiro atoms. The van der Waals surface area contributed by atoms with E-state index >= 15 is 0 Å². The Morgan fingerprint density at radius 1 is 1.17 bits per heavy atom. The van der Waals surface area contributed by atoms with E-state index in [2.05, 4.69) is 5.32 Å². The fourth-order valence-corrected chi connectivity index (χ4v) is 2.16. The smallest absolute Gasteiger partial charge is 0.416 e. The van der Waals surface area contributed by atoms with E-state index in [0.717, 1.165) is 24.3 Å². The lowest BCUT2D eigenvalue weighted by atomic mass is 10.2. The predicted octanol–water partition coefficient (Wildman–Crippen LogP) is 4.20. The summed E-state index contributed by atoms with van der Waals surface area (Å²) in [5, 5.41) is 12.8. The fraction of sp³-hybridized carbons (Fsp3) is 0.158. The van der Waals surface area contributed by atoms with Gasteiger partial charge in [0.1, 0.15) is 0 Å². The third-order valence-corrected chi connectivity index (χ3v) is 3.64. The van der Waals surface area contributed by atoms with E-state index in [0.29, 0.717) is 5.56 Å². The van der Waals surface area contributed by atoms with Crippen LogP contribution in [0.1, 0.15) is 18.1 Å². The van der Waals surface area contributed by atoms with E-state index in [1.54, 1.807) is 0 Å². The Bertz CT molecular complexity index is 940. The van der Waals surface area contributed by atoms with Crippen molar-refractivity contribution in [1.82, 2.24) is 0 Å². The van der Waals surface area contributed by atoms with Crippen LogP contribution in [-0.4, -0.2) is 22.9 Å². The number of nitro groups is 1. The predicted molar refractivity (Wildman–Crippen MR) is 97.8 cm³/mol. The monoisotopic (exact) mass is 408 g/mol. The fourth-order valence-electron chi connectivity index (χ4n) is 2.16. The number of rotatable bonds is 6. The maximum Gasteiger partial charge on any atom is 0.416 e. The maximum atomic E-state index is 12.7. The molecule has 0 fully saturated rings. The van der Waals surface area contributed by atoms with Crippen LogP contribution in [0.15, 0.2) is 54.6 Å². The number of benzene rings is 2. The third-order valence-electron chi connectivity index (χ3n) is 3.64. The summed E-state index contributed by atoms with van der Waals surface area (Å²) in [5.41, 5.74) is -0.627. The van der Waals surface area contributed by atoms with Crippen molar-refractivity contribution >= 4 is 29.3 Å². The molecule has 2 aromatic carbocycles. The first-order valence-electron chi connectivity index (χ1n) is 8.17. The summed E-state index contributed by atoms with van der Waals surface area (Å²) in [6.07, 6.45) is -3.46. The van der Waals surface area contributed by atoms with Crippen LogP contribution in [0, 0.1) is 10.1 Å². The molecule has 7 nitrogen and oxygen atoms in total. The van der Waals surface area contributed by atoms with Crippen molar-refractivity contribution in [3.63, 3.8) is 0 Å². The number of esters is 1. The van der Waals surface area contributed by atoms with Gasteiger partial charge in [-0.3, -0.25) is 14.9 Å². The molecule has 0 saturated heterocycles. The number of anilines is 1. The van der Waals surface area contributed by atoms with E-state index in [4.69, 9.17) is 4.74 Å². The van der Waals surface area contributed by atoms with Crippen molar-refractivity contribution in [2.75, 3.05) is 5.32 Å². The summed E-state index contributed by atoms with van der Waals surface area (Å²) in [7, 11) is 0. The van der Waals surface area contributed by atoms with E-state index in [9.17, 15) is 32.9 Å². The van der Waals surface area contributed by atoms with Gasteiger partial charge in [-0.25, -0.2) is 4.79 Å². The molecule has 1 atom stereocenters. The lowest BCUT2D eigenvalue weighted by Gasteiger charge is -2.13. The Morgan fingerprint density at radius 3 is 2.41 bits per heavy atom. The van der Waals surface area contributed by atoms with Crippen molar-refractivity contribution in [3.8, 4) is 0 Å². The Kier molecular flexibility index (Phi) is 6.71. The molecule has 0 aliphatic rings. The summed E-state index contributed by atoms with van der Waals surface area (Å²) in [6, 6.07) is 9.41. The van der Waals surface area contributed by atoms with Crippen molar-refractivity contribution < 1.29 is 32.4 Å². The summed E-state index contributed by atoms with van der Waals surface area (Å²) in [5.74, 6) is -1.67. The lowest BCUT2D eigenvalue weighted by Crippen LogP contribution is -2.29. The molecular formula is C19H15F3N2O5. The number of nitrogens with zero attached hydrogens (tertiary/aromatic N) is 1. The number of hydrogen-bond donors (Lipinski definition) is 1. The number of halogens is 3. The van der Waals surface area contributed by atoms with Crippen molar-refractivity contribution in [2.45, 2.75) is 19.2 Å². The molecule has 2 rings (SSSR count). The normalized spacial score (nSPS) is 12.4. The number of carbonyl (C=O) groups is 2. The van der Waals surface area contributed by atoms with Gasteiger partial charge in [0, 0.05) is 23.9 Å². The average molecular weight is 408 g/mol. The summed E-state index contributed by atoms with van der Waals surface area (Å²) in [4.78, 5) is 33.8. The Balaban J connectivity index is 1.93. The highest BCUT2D eigenvalue weighted by Crippen LogP contribution is 2.30. The Hall–Kier alpha value is -3.69. The molecule has 0 radical (unpaired) electrons. The summed E-state index contributed by atoms with van der Waals surface area (Å²) < 4.78 is 43.0. The van der Waals surface area contributed by atoms with Gasteiger partial charge in [0.05, 0.1) is 10.5 Å². The lowest BCUT2D eigenvalue weighted by molar-refractivity contribution is -0.384. The van der Waals surface area contributed by atoms with E-state index in [-0.39, 0.29) is 11.4 Å². The highest BCUT2D eigenvalue weighted by molar-refractivity contribution is 5.96. The van der Waals surface area contributed by atoms with Crippen LogP contribution in [0.2, 0.25) is 0 Å². The van der Waals surface area contributed by atoms with Gasteiger partial charge in [-0.1, -0.05) is 6.07 Å². The molecule has 152 valence electrons. The minimum absolute atomic E-state index is 0.0888. The van der Waals surface area contributed by atoms with Crippen LogP contribution in [0.5, 0.6) is 0 Å². The zero-order valence-electron chi connectivity index (χ0n) is 15.0. The van der Waals surface area contributed by atoms with E-state index in [1.165, 1.54) is 43.3 Å². The first kappa shape index (κ1) is 21.6. The third kappa shape index (κ3) is 6.45. The summed E-state index contributed by atoms with van der Waals surface area (Å²) in [6.45, 7) is 1.26. The molecule has 0 aromatic heterocycles. The summed E-state index contributed by atoms with van der Waals surface area (Å²) >= 11 is 0. The molecule has 0 saturated carbocycles. The second kappa shape index (κ2) is 9.00. The number of amides is 1. The Labute approximate surface area is 162 Å². The highest BCUT2D eigenvalue weighted by atomic mass is 19.4. The second-order valence-corrected chi connectivity index (χ2v) is 5.83. The number of nitrogens with one attached hydrogen (secondary N) is 1. The van der Waals surface area contributed by atoms with E-state index in [1.807, 2.05) is 0 Å². The zero-order valence-corrected chi connectivity index (χ0v) is 15.0. The Morgan fingerprint density at radius 2 is 1.83 bits per heavy atom. The minimum Gasteiger partial charge on any atom is -0.449 e. The van der Waals surface area contributed by atoms with Crippen LogP contribution in [0.3, 0.4) is 0 Å². The van der Waals surface area contributed by atoms with Gasteiger partial charge < -0.3 is 10.1 Å². The average Bonchev–Trinajstić information content (AvgIpc) is 2.66. The number of nitro benzene ring substituents is 1. The van der Waals surface area contributed by atoms with Crippen LogP contribution >= 0.6 is 0 Å². The molecule has 0 aliphatic carbocycles. The SMILES string of the molecule is C[C@H](OC(=O)/C=C/c1ccc([N+](=O)[O-])cc1)C(=O)Nc1cccc(C(F)(F)F)c1. The molecule has 29 heavy (non-hydrogen) atoms. The van der Waals surface area contributed by atoms with Crippen LogP contribution < -0.4 is 5.32 Å². The van der Waals surface area contributed by atoms with Crippen molar-refractivity contribution in [2.24, 2.45) is 0 Å². The second-order valence-electron chi connectivity index (χ2n) is 5.83. The van der Waals surface area contributed by atoms with E-state index < -0.39 is 34.6 Å². The van der Waals surface area contributed by atoms with Crippen LogP contribution in [-0.2, 0) is 20.5 Å². The van der Waals surface area contributed by atoms with Crippen molar-refractivity contribution in [3.05, 3.63) is 75.8 Å². The molecule has 0 unspecified atom stereocenters. The molecule has 2 aromatic rings. The molecule has 10 heteroatoms. The number of non-ortho nitro benzene ring substituents is 1. The van der Waals surface area contributed by atoms with Gasteiger partial charge in [-0.15, -0.1) is 0 Å². The van der Waals surface area contributed by atoms with Crippen LogP contribution in [0.4, 0.5) is 24.5 Å². The largest absolute Gasteiger partial charge is 0.449 e. The number of ether oxygens (including phenoxy) is 1. The molecule has 0 heterocycles. The molecule has 1 amide bonds. The first-order chi connectivity index (χ1) is 13.6. The minimum atomic E-state index is -4.55. The number of carbonyl (C=O) groups excluding carboxylic acids is 2. The van der Waals surface area contributed by atoms with Gasteiger partial charge in [-0.2, -0.15) is 13.2 Å². The highest BCUT2D eigenvalue weighted by Gasteiger charge is 2.30. The molecule has 0 bridgehead atoms. The molecule has 0 aliphatic heterocycles. The van der Waals surface area contributed by atoms with Crippen LogP contribution in [0.25, 0.3) is 6.08 Å². The molecule has 1 N–H and O–H groups in total. The van der Waals surface area contributed by atoms with Gasteiger partial charge in [0.2, 0.25) is 0 Å². The van der Waals surface area contributed by atoms with Gasteiger partial charge in [0.15, 0.2) is 6.10 Å². The quantitative estimate of drug-likeness (QED) is 0.334. The topological polar surface area (TPSA) is 98.5 Å². The van der Waals surface area contributed by atoms with Gasteiger partial charge in [-0.05, 0) is 48.9 Å². The van der Waals surface area contributed by atoms with Crippen molar-refractivity contribution in [1.29, 1.82) is 0 Å². The van der Waals surface area contributed by atoms with Gasteiger partial charge >= 0.3 is 12.1 Å². The van der Waals surface area contributed by atoms with Gasteiger partial charge in [0.25, 0.3) is 11.6 Å². The molecular weight excluding hydrogens is 393 g/mol. The number of alkyl halides is 3.